The van der Waals surface area contributed by atoms with Crippen molar-refractivity contribution >= 4 is 11.8 Å². The summed E-state index contributed by atoms with van der Waals surface area (Å²) < 4.78 is 0. The quantitative estimate of drug-likeness (QED) is 0.695. The van der Waals surface area contributed by atoms with Crippen molar-refractivity contribution in [2.45, 2.75) is 37.8 Å². The first-order valence-corrected chi connectivity index (χ1v) is 9.31. The maximum absolute atomic E-state index is 12.3. The van der Waals surface area contributed by atoms with Crippen LogP contribution in [0.1, 0.15) is 25.7 Å². The lowest BCUT2D eigenvalue weighted by atomic mass is 9.89. The Balaban J connectivity index is 1.36. The van der Waals surface area contributed by atoms with E-state index in [4.69, 9.17) is 0 Å². The van der Waals surface area contributed by atoms with Crippen molar-refractivity contribution in [3.63, 3.8) is 0 Å². The molecule has 0 aromatic rings. The van der Waals surface area contributed by atoms with Gasteiger partial charge < -0.3 is 15.5 Å². The van der Waals surface area contributed by atoms with Gasteiger partial charge in [0.15, 0.2) is 0 Å². The van der Waals surface area contributed by atoms with Crippen molar-refractivity contribution in [1.29, 1.82) is 0 Å². The highest BCUT2D eigenvalue weighted by Crippen LogP contribution is 2.23. The van der Waals surface area contributed by atoms with Crippen LogP contribution in [-0.4, -0.2) is 98.0 Å². The molecule has 0 bridgehead atoms. The first-order chi connectivity index (χ1) is 11.6. The highest BCUT2D eigenvalue weighted by atomic mass is 16.2. The van der Waals surface area contributed by atoms with Crippen LogP contribution in [0.25, 0.3) is 0 Å². The third-order valence-electron chi connectivity index (χ3n) is 5.61. The number of nitrogens with one attached hydrogen (secondary N) is 2. The molecule has 2 heterocycles. The molecule has 2 amide bonds. The molecule has 0 atom stereocenters. The van der Waals surface area contributed by atoms with Gasteiger partial charge in [-0.05, 0) is 32.7 Å². The molecule has 24 heavy (non-hydrogen) atoms. The zero-order valence-corrected chi connectivity index (χ0v) is 14.8. The summed E-state index contributed by atoms with van der Waals surface area (Å²) in [6.07, 6.45) is 4.20. The smallest absolute Gasteiger partial charge is 0.234 e. The molecular formula is C17H31N5O2. The number of carbonyl (C=O) groups is 2. The summed E-state index contributed by atoms with van der Waals surface area (Å²) >= 11 is 0. The van der Waals surface area contributed by atoms with Gasteiger partial charge in [-0.25, -0.2) is 0 Å². The second kappa shape index (κ2) is 8.27. The zero-order valence-electron chi connectivity index (χ0n) is 14.8. The third kappa shape index (κ3) is 4.91. The third-order valence-corrected chi connectivity index (χ3v) is 5.61. The van der Waals surface area contributed by atoms with Gasteiger partial charge in [0.1, 0.15) is 0 Å². The fourth-order valence-electron chi connectivity index (χ4n) is 4.04. The molecule has 2 saturated heterocycles. The second-order valence-corrected chi connectivity index (χ2v) is 7.47. The van der Waals surface area contributed by atoms with Crippen LogP contribution >= 0.6 is 0 Å². The van der Waals surface area contributed by atoms with Gasteiger partial charge in [-0.15, -0.1) is 0 Å². The Hall–Kier alpha value is -1.18. The van der Waals surface area contributed by atoms with Crippen LogP contribution in [-0.2, 0) is 9.59 Å². The summed E-state index contributed by atoms with van der Waals surface area (Å²) in [6, 6.07) is 0.807. The number of piperazine rings is 2. The van der Waals surface area contributed by atoms with Crippen LogP contribution in [0.4, 0.5) is 0 Å². The van der Waals surface area contributed by atoms with Gasteiger partial charge in [0.2, 0.25) is 11.8 Å². The standard InChI is InChI=1S/C17H31N5O2/c1-20-8-10-21(11-9-20)12-17(24)19-14-2-4-15(5-3-14)22-7-6-18-16(23)13-22/h14-15H,2-13H2,1H3,(H,18,23)(H,19,24)/t14-,15+. The molecule has 7 heteroatoms. The maximum atomic E-state index is 12.3. The van der Waals surface area contributed by atoms with Crippen molar-refractivity contribution in [2.24, 2.45) is 0 Å². The van der Waals surface area contributed by atoms with E-state index in [1.165, 1.54) is 0 Å². The van der Waals surface area contributed by atoms with Crippen LogP contribution < -0.4 is 10.6 Å². The van der Waals surface area contributed by atoms with E-state index in [-0.39, 0.29) is 11.8 Å². The van der Waals surface area contributed by atoms with Crippen molar-refractivity contribution in [1.82, 2.24) is 25.3 Å². The molecule has 0 aromatic heterocycles. The van der Waals surface area contributed by atoms with Gasteiger partial charge in [0.05, 0.1) is 13.1 Å². The Morgan fingerprint density at radius 3 is 2.50 bits per heavy atom. The van der Waals surface area contributed by atoms with E-state index in [0.29, 0.717) is 25.2 Å². The summed E-state index contributed by atoms with van der Waals surface area (Å²) in [6.45, 7) is 6.83. The number of carbonyl (C=O) groups excluding carboxylic acids is 2. The topological polar surface area (TPSA) is 67.9 Å². The van der Waals surface area contributed by atoms with Gasteiger partial charge >= 0.3 is 0 Å². The molecule has 136 valence electrons. The Morgan fingerprint density at radius 1 is 1.12 bits per heavy atom. The van der Waals surface area contributed by atoms with Crippen LogP contribution in [0.2, 0.25) is 0 Å². The molecule has 0 radical (unpaired) electrons. The number of amides is 2. The van der Waals surface area contributed by atoms with Crippen molar-refractivity contribution in [3.8, 4) is 0 Å². The van der Waals surface area contributed by atoms with Crippen molar-refractivity contribution in [2.75, 3.05) is 59.4 Å². The van der Waals surface area contributed by atoms with Gasteiger partial charge in [-0.3, -0.25) is 19.4 Å². The van der Waals surface area contributed by atoms with E-state index in [2.05, 4.69) is 32.4 Å². The summed E-state index contributed by atoms with van der Waals surface area (Å²) in [5.41, 5.74) is 0. The fraction of sp³-hybridized carbons (Fsp3) is 0.882. The van der Waals surface area contributed by atoms with Crippen LogP contribution in [0.15, 0.2) is 0 Å². The summed E-state index contributed by atoms with van der Waals surface area (Å²) in [5, 5.41) is 6.10. The first-order valence-electron chi connectivity index (χ1n) is 9.31. The van der Waals surface area contributed by atoms with Crippen molar-refractivity contribution in [3.05, 3.63) is 0 Å². The minimum absolute atomic E-state index is 0.142. The number of rotatable bonds is 4. The lowest BCUT2D eigenvalue weighted by molar-refractivity contribution is -0.125. The summed E-state index contributed by atoms with van der Waals surface area (Å²) in [7, 11) is 2.13. The molecule has 2 aliphatic heterocycles. The lowest BCUT2D eigenvalue weighted by Gasteiger charge is -2.39. The highest BCUT2D eigenvalue weighted by Gasteiger charge is 2.29. The average Bonchev–Trinajstić information content (AvgIpc) is 2.58. The number of hydrogen-bond donors (Lipinski definition) is 2. The van der Waals surface area contributed by atoms with E-state index in [1.807, 2.05) is 0 Å². The predicted octanol–water partition coefficient (Wildman–Crippen LogP) is -0.907. The fourth-order valence-corrected chi connectivity index (χ4v) is 4.04. The van der Waals surface area contributed by atoms with Gasteiger partial charge in [0.25, 0.3) is 0 Å². The molecule has 1 saturated carbocycles. The molecule has 0 spiro atoms. The minimum Gasteiger partial charge on any atom is -0.354 e. The second-order valence-electron chi connectivity index (χ2n) is 7.47. The summed E-state index contributed by atoms with van der Waals surface area (Å²) in [5.74, 6) is 0.309. The molecular weight excluding hydrogens is 306 g/mol. The molecule has 0 aromatic carbocycles. The molecule has 7 nitrogen and oxygen atoms in total. The SMILES string of the molecule is CN1CCN(CC(=O)N[C@H]2CC[C@@H](N3CCNC(=O)C3)CC2)CC1. The molecule has 3 rings (SSSR count). The number of likely N-dealkylation sites (N-methyl/N-ethyl adjacent to an activating group) is 1. The minimum atomic E-state index is 0.142. The zero-order chi connectivity index (χ0) is 16.9. The van der Waals surface area contributed by atoms with E-state index in [1.54, 1.807) is 0 Å². The number of hydrogen-bond acceptors (Lipinski definition) is 5. The maximum Gasteiger partial charge on any atom is 0.234 e. The Morgan fingerprint density at radius 2 is 1.83 bits per heavy atom. The van der Waals surface area contributed by atoms with E-state index in [9.17, 15) is 9.59 Å². The highest BCUT2D eigenvalue weighted by molar-refractivity contribution is 5.79. The Bertz CT molecular complexity index is 442. The lowest BCUT2D eigenvalue weighted by Crippen LogP contribution is -2.54. The first kappa shape index (κ1) is 17.6. The van der Waals surface area contributed by atoms with Crippen molar-refractivity contribution < 1.29 is 9.59 Å². The molecule has 1 aliphatic carbocycles. The average molecular weight is 337 g/mol. The van der Waals surface area contributed by atoms with Crippen LogP contribution in [0.5, 0.6) is 0 Å². The Kier molecular flexibility index (Phi) is 6.08. The molecule has 3 fully saturated rings. The molecule has 0 unspecified atom stereocenters. The number of nitrogens with zero attached hydrogens (tertiary/aromatic N) is 3. The van der Waals surface area contributed by atoms with Gasteiger partial charge in [-0.1, -0.05) is 0 Å². The van der Waals surface area contributed by atoms with Crippen LogP contribution in [0, 0.1) is 0 Å². The van der Waals surface area contributed by atoms with Gasteiger partial charge in [-0.2, -0.15) is 0 Å². The summed E-state index contributed by atoms with van der Waals surface area (Å²) in [4.78, 5) is 30.6. The largest absolute Gasteiger partial charge is 0.354 e. The monoisotopic (exact) mass is 337 g/mol. The van der Waals surface area contributed by atoms with E-state index in [0.717, 1.165) is 65.0 Å². The molecule has 3 aliphatic rings. The van der Waals surface area contributed by atoms with E-state index >= 15 is 0 Å². The van der Waals surface area contributed by atoms with Crippen LogP contribution in [0.3, 0.4) is 0 Å². The predicted molar refractivity (Wildman–Crippen MR) is 92.7 cm³/mol. The van der Waals surface area contributed by atoms with Gasteiger partial charge in [0, 0.05) is 51.4 Å². The van der Waals surface area contributed by atoms with E-state index < -0.39 is 0 Å². The Labute approximate surface area is 144 Å². The molecule has 2 N–H and O–H groups in total. The normalized spacial score (nSPS) is 30.8.